The summed E-state index contributed by atoms with van der Waals surface area (Å²) in [6.07, 6.45) is 2.03. The standard InChI is InChI=1S/C16H17BFN5O/c1-19-15(24)6-7-20-14-8-13(10-4-2-3-5-12(10)18)22-16-11(17)9-21-23(14)16/h2-5,8-9,20H,6-7,17H2,1H3,(H,19,24). The molecule has 3 aromatic rings. The molecule has 122 valence electrons. The molecule has 0 bridgehead atoms. The van der Waals surface area contributed by atoms with Crippen molar-refractivity contribution >= 4 is 30.7 Å². The smallest absolute Gasteiger partial charge is 0.221 e. The Balaban J connectivity index is 2.01. The molecular weight excluding hydrogens is 308 g/mol. The fraction of sp³-hybridized carbons (Fsp3) is 0.188. The third kappa shape index (κ3) is 3.08. The number of anilines is 1. The maximum atomic E-state index is 14.1. The molecule has 6 nitrogen and oxygen atoms in total. The molecule has 3 rings (SSSR count). The summed E-state index contributed by atoms with van der Waals surface area (Å²) < 4.78 is 15.8. The van der Waals surface area contributed by atoms with Gasteiger partial charge < -0.3 is 10.6 Å². The van der Waals surface area contributed by atoms with Crippen LogP contribution in [0.5, 0.6) is 0 Å². The summed E-state index contributed by atoms with van der Waals surface area (Å²) in [5, 5.41) is 10.0. The normalized spacial score (nSPS) is 10.8. The molecule has 0 radical (unpaired) electrons. The minimum Gasteiger partial charge on any atom is -0.369 e. The number of nitrogens with one attached hydrogen (secondary N) is 2. The van der Waals surface area contributed by atoms with E-state index in [0.29, 0.717) is 35.7 Å². The van der Waals surface area contributed by atoms with E-state index < -0.39 is 0 Å². The quantitative estimate of drug-likeness (QED) is 0.664. The number of hydrogen-bond acceptors (Lipinski definition) is 4. The molecule has 0 unspecified atom stereocenters. The van der Waals surface area contributed by atoms with Gasteiger partial charge in [0.15, 0.2) is 5.65 Å². The summed E-state index contributed by atoms with van der Waals surface area (Å²) in [5.41, 5.74) is 2.49. The first-order valence-electron chi connectivity index (χ1n) is 7.65. The van der Waals surface area contributed by atoms with E-state index in [4.69, 9.17) is 0 Å². The third-order valence-electron chi connectivity index (χ3n) is 3.73. The van der Waals surface area contributed by atoms with Crippen LogP contribution in [0.2, 0.25) is 0 Å². The molecule has 0 aliphatic heterocycles. The second kappa shape index (κ2) is 6.70. The van der Waals surface area contributed by atoms with E-state index in [9.17, 15) is 9.18 Å². The number of fused-ring (bicyclic) bond motifs is 1. The van der Waals surface area contributed by atoms with Crippen LogP contribution in [0.1, 0.15) is 6.42 Å². The van der Waals surface area contributed by atoms with Crippen molar-refractivity contribution in [1.82, 2.24) is 19.9 Å². The van der Waals surface area contributed by atoms with E-state index in [1.165, 1.54) is 6.07 Å². The summed E-state index contributed by atoms with van der Waals surface area (Å²) in [5.74, 6) is 0.275. The lowest BCUT2D eigenvalue weighted by Gasteiger charge is -2.11. The van der Waals surface area contributed by atoms with Gasteiger partial charge >= 0.3 is 0 Å². The van der Waals surface area contributed by atoms with Crippen molar-refractivity contribution in [3.05, 3.63) is 42.3 Å². The Bertz CT molecular complexity index is 895. The van der Waals surface area contributed by atoms with Gasteiger partial charge in [-0.2, -0.15) is 9.61 Å². The lowest BCUT2D eigenvalue weighted by Crippen LogP contribution is -2.21. The zero-order valence-electron chi connectivity index (χ0n) is 13.5. The van der Waals surface area contributed by atoms with Gasteiger partial charge in [-0.3, -0.25) is 4.79 Å². The average Bonchev–Trinajstić information content (AvgIpc) is 2.96. The molecule has 1 aromatic carbocycles. The molecule has 24 heavy (non-hydrogen) atoms. The van der Waals surface area contributed by atoms with Crippen LogP contribution in [-0.2, 0) is 4.79 Å². The molecule has 8 heteroatoms. The van der Waals surface area contributed by atoms with E-state index in [1.807, 2.05) is 7.85 Å². The lowest BCUT2D eigenvalue weighted by molar-refractivity contribution is -0.120. The molecule has 0 fully saturated rings. The van der Waals surface area contributed by atoms with Crippen LogP contribution in [0, 0.1) is 5.82 Å². The monoisotopic (exact) mass is 325 g/mol. The van der Waals surface area contributed by atoms with Gasteiger partial charge in [-0.25, -0.2) is 9.37 Å². The molecule has 1 amide bonds. The molecule has 0 spiro atoms. The van der Waals surface area contributed by atoms with Gasteiger partial charge in [-0.05, 0) is 17.6 Å². The van der Waals surface area contributed by atoms with Gasteiger partial charge in [0.1, 0.15) is 19.5 Å². The number of hydrogen-bond donors (Lipinski definition) is 2. The van der Waals surface area contributed by atoms with E-state index in [1.54, 1.807) is 42.0 Å². The fourth-order valence-corrected chi connectivity index (χ4v) is 2.43. The Kier molecular flexibility index (Phi) is 4.46. The average molecular weight is 325 g/mol. The molecule has 2 heterocycles. The second-order valence-electron chi connectivity index (χ2n) is 5.42. The summed E-state index contributed by atoms with van der Waals surface area (Å²) in [6.45, 7) is 0.439. The number of carbonyl (C=O) groups excluding carboxylic acids is 1. The molecule has 0 atom stereocenters. The van der Waals surface area contributed by atoms with E-state index >= 15 is 0 Å². The van der Waals surface area contributed by atoms with E-state index in [-0.39, 0.29) is 11.7 Å². The van der Waals surface area contributed by atoms with Crippen LogP contribution in [0.3, 0.4) is 0 Å². The summed E-state index contributed by atoms with van der Waals surface area (Å²) >= 11 is 0. The van der Waals surface area contributed by atoms with Gasteiger partial charge in [0.25, 0.3) is 0 Å². The van der Waals surface area contributed by atoms with Crippen LogP contribution in [-0.4, -0.2) is 41.9 Å². The number of amides is 1. The Morgan fingerprint density at radius 2 is 2.17 bits per heavy atom. The largest absolute Gasteiger partial charge is 0.369 e. The zero-order valence-corrected chi connectivity index (χ0v) is 13.5. The molecule has 2 N–H and O–H groups in total. The summed E-state index contributed by atoms with van der Waals surface area (Å²) in [7, 11) is 3.49. The zero-order chi connectivity index (χ0) is 17.1. The van der Waals surface area contributed by atoms with Crippen molar-refractivity contribution in [3.8, 4) is 11.3 Å². The number of halogens is 1. The predicted molar refractivity (Wildman–Crippen MR) is 93.7 cm³/mol. The van der Waals surface area contributed by atoms with Crippen LogP contribution >= 0.6 is 0 Å². The Hall–Kier alpha value is -2.90. The molecule has 0 saturated carbocycles. The first kappa shape index (κ1) is 16.0. The van der Waals surface area contributed by atoms with Gasteiger partial charge in [-0.1, -0.05) is 12.1 Å². The highest BCUT2D eigenvalue weighted by Gasteiger charge is 2.13. The predicted octanol–water partition coefficient (Wildman–Crippen LogP) is 0.342. The fourth-order valence-electron chi connectivity index (χ4n) is 2.43. The van der Waals surface area contributed by atoms with E-state index in [2.05, 4.69) is 20.7 Å². The summed E-state index contributed by atoms with van der Waals surface area (Å²) in [4.78, 5) is 15.9. The molecule has 0 saturated heterocycles. The van der Waals surface area contributed by atoms with Crippen LogP contribution < -0.4 is 16.1 Å². The SMILES string of the molecule is Bc1cnn2c(NCCC(=O)NC)cc(-c3ccccc3F)nc12. The molecular formula is C16H17BFN5O. The first-order chi connectivity index (χ1) is 11.6. The lowest BCUT2D eigenvalue weighted by atomic mass is 10.0. The molecule has 0 aliphatic carbocycles. The van der Waals surface area contributed by atoms with Crippen molar-refractivity contribution in [3.63, 3.8) is 0 Å². The number of nitrogens with zero attached hydrogens (tertiary/aromatic N) is 3. The van der Waals surface area contributed by atoms with Gasteiger partial charge in [0.2, 0.25) is 5.91 Å². The highest BCUT2D eigenvalue weighted by molar-refractivity contribution is 6.36. The number of rotatable bonds is 5. The first-order valence-corrected chi connectivity index (χ1v) is 7.65. The highest BCUT2D eigenvalue weighted by atomic mass is 19.1. The number of benzene rings is 1. The van der Waals surface area contributed by atoms with Gasteiger partial charge in [0, 0.05) is 37.8 Å². The maximum Gasteiger partial charge on any atom is 0.221 e. The molecule has 2 aromatic heterocycles. The van der Waals surface area contributed by atoms with Crippen molar-refractivity contribution in [1.29, 1.82) is 0 Å². The van der Waals surface area contributed by atoms with Crippen molar-refractivity contribution in [2.24, 2.45) is 0 Å². The highest BCUT2D eigenvalue weighted by Crippen LogP contribution is 2.24. The van der Waals surface area contributed by atoms with Crippen LogP contribution in [0.15, 0.2) is 36.5 Å². The van der Waals surface area contributed by atoms with Crippen molar-refractivity contribution in [2.75, 3.05) is 18.9 Å². The number of carbonyl (C=O) groups is 1. The Morgan fingerprint density at radius 3 is 2.92 bits per heavy atom. The molecule has 0 aliphatic rings. The van der Waals surface area contributed by atoms with Gasteiger partial charge in [0.05, 0.1) is 5.69 Å². The van der Waals surface area contributed by atoms with Crippen LogP contribution in [0.4, 0.5) is 10.2 Å². The topological polar surface area (TPSA) is 71.3 Å². The van der Waals surface area contributed by atoms with Gasteiger partial charge in [-0.15, -0.1) is 0 Å². The minimum atomic E-state index is -0.331. The number of aromatic nitrogens is 3. The Morgan fingerprint density at radius 1 is 1.38 bits per heavy atom. The van der Waals surface area contributed by atoms with Crippen molar-refractivity contribution in [2.45, 2.75) is 6.42 Å². The second-order valence-corrected chi connectivity index (χ2v) is 5.42. The summed E-state index contributed by atoms with van der Waals surface area (Å²) in [6, 6.07) is 8.25. The third-order valence-corrected chi connectivity index (χ3v) is 3.73. The maximum absolute atomic E-state index is 14.1. The Labute approximate surface area is 139 Å². The minimum absolute atomic E-state index is 0.0567. The van der Waals surface area contributed by atoms with Crippen LogP contribution in [0.25, 0.3) is 16.9 Å². The van der Waals surface area contributed by atoms with Crippen molar-refractivity contribution < 1.29 is 9.18 Å². The van der Waals surface area contributed by atoms with E-state index in [0.717, 1.165) is 5.46 Å².